The van der Waals surface area contributed by atoms with Gasteiger partial charge in [0.2, 0.25) is 0 Å². The number of halogens is 3. The second-order valence-electron chi connectivity index (χ2n) is 8.32. The quantitative estimate of drug-likeness (QED) is 0.348. The van der Waals surface area contributed by atoms with E-state index in [0.717, 1.165) is 12.3 Å². The van der Waals surface area contributed by atoms with Crippen molar-refractivity contribution >= 4 is 23.1 Å². The number of methoxy groups -OCH3 is 1. The van der Waals surface area contributed by atoms with Crippen molar-refractivity contribution in [3.63, 3.8) is 0 Å². The largest absolute Gasteiger partial charge is 0.497 e. The Morgan fingerprint density at radius 1 is 1.08 bits per heavy atom. The molecule has 0 aliphatic heterocycles. The molecule has 0 saturated carbocycles. The fraction of sp³-hybridized carbons (Fsp3) is 0.231. The molecule has 10 heteroatoms. The van der Waals surface area contributed by atoms with Gasteiger partial charge in [0.05, 0.1) is 7.11 Å². The van der Waals surface area contributed by atoms with Crippen molar-refractivity contribution < 1.29 is 27.4 Å². The number of primary amides is 1. The number of nitrogens with one attached hydrogen (secondary N) is 1. The van der Waals surface area contributed by atoms with Gasteiger partial charge in [-0.05, 0) is 55.2 Å². The van der Waals surface area contributed by atoms with Gasteiger partial charge < -0.3 is 20.5 Å². The number of nitrogens with two attached hydrogens (primary N) is 1. The average Bonchev–Trinajstić information content (AvgIpc) is 3.17. The number of amides is 1. The van der Waals surface area contributed by atoms with Crippen LogP contribution in [0, 0.1) is 31.3 Å². The van der Waals surface area contributed by atoms with Crippen LogP contribution in [0.4, 0.5) is 24.7 Å². The lowest BCUT2D eigenvalue weighted by Crippen LogP contribution is -2.20. The number of aryl methyl sites for hydroxylation is 3. The molecule has 3 N–H and O–H groups in total. The summed E-state index contributed by atoms with van der Waals surface area (Å²) in [5.41, 5.74) is 8.28. The Morgan fingerprint density at radius 3 is 2.39 bits per heavy atom. The van der Waals surface area contributed by atoms with Crippen molar-refractivity contribution in [1.82, 2.24) is 9.38 Å². The number of ether oxygens (including phenoxy) is 2. The molecule has 0 bridgehead atoms. The summed E-state index contributed by atoms with van der Waals surface area (Å²) in [6.45, 7) is 4.91. The van der Waals surface area contributed by atoms with Crippen LogP contribution in [0.25, 0.3) is 16.9 Å². The molecule has 0 fully saturated rings. The molecule has 4 aromatic rings. The third-order valence-corrected chi connectivity index (χ3v) is 5.76. The number of carbonyl (C=O) groups is 1. The van der Waals surface area contributed by atoms with Crippen LogP contribution < -0.4 is 20.5 Å². The van der Waals surface area contributed by atoms with E-state index < -0.39 is 30.0 Å². The minimum Gasteiger partial charge on any atom is -0.497 e. The molecule has 2 aromatic carbocycles. The van der Waals surface area contributed by atoms with E-state index in [9.17, 15) is 18.0 Å². The van der Waals surface area contributed by atoms with E-state index in [0.29, 0.717) is 40.1 Å². The summed E-state index contributed by atoms with van der Waals surface area (Å²) in [6.07, 6.45) is 1.60. The number of hydrogen-bond donors (Lipinski definition) is 2. The van der Waals surface area contributed by atoms with E-state index in [4.69, 9.17) is 15.2 Å². The molecule has 0 unspecified atom stereocenters. The smallest absolute Gasteiger partial charge is 0.255 e. The number of hydrogen-bond acceptors (Lipinski definition) is 5. The van der Waals surface area contributed by atoms with Gasteiger partial charge in [-0.1, -0.05) is 6.92 Å². The monoisotopic (exact) mass is 498 g/mol. The predicted octanol–water partition coefficient (Wildman–Crippen LogP) is 5.21. The first-order chi connectivity index (χ1) is 17.1. The van der Waals surface area contributed by atoms with Gasteiger partial charge in [-0.3, -0.25) is 9.20 Å². The maximum Gasteiger partial charge on any atom is 0.255 e. The fourth-order valence-electron chi connectivity index (χ4n) is 4.17. The number of aromatic nitrogens is 2. The summed E-state index contributed by atoms with van der Waals surface area (Å²) >= 11 is 0. The number of carbonyl (C=O) groups excluding carboxylic acids is 1. The van der Waals surface area contributed by atoms with Crippen LogP contribution in [0.2, 0.25) is 0 Å². The number of imidazole rings is 1. The highest BCUT2D eigenvalue weighted by atomic mass is 19.1. The van der Waals surface area contributed by atoms with Gasteiger partial charge >= 0.3 is 0 Å². The first kappa shape index (κ1) is 24.9. The van der Waals surface area contributed by atoms with Crippen molar-refractivity contribution in [2.45, 2.75) is 27.2 Å². The lowest BCUT2D eigenvalue weighted by atomic mass is 10.00. The van der Waals surface area contributed by atoms with Gasteiger partial charge in [0, 0.05) is 29.6 Å². The zero-order valence-corrected chi connectivity index (χ0v) is 20.2. The summed E-state index contributed by atoms with van der Waals surface area (Å²) in [4.78, 5) is 16.0. The van der Waals surface area contributed by atoms with Crippen molar-refractivity contribution in [3.8, 4) is 22.8 Å². The molecule has 2 aromatic heterocycles. The molecule has 4 rings (SSSR count). The Bertz CT molecular complexity index is 1460. The van der Waals surface area contributed by atoms with Crippen LogP contribution >= 0.6 is 0 Å². The third-order valence-electron chi connectivity index (χ3n) is 5.76. The summed E-state index contributed by atoms with van der Waals surface area (Å²) in [5, 5.41) is 3.21. The van der Waals surface area contributed by atoms with E-state index in [1.807, 2.05) is 6.92 Å². The maximum absolute atomic E-state index is 14.8. The Hall–Kier alpha value is -4.21. The highest BCUT2D eigenvalue weighted by Crippen LogP contribution is 2.42. The van der Waals surface area contributed by atoms with E-state index in [2.05, 4.69) is 10.3 Å². The Labute approximate surface area is 205 Å². The van der Waals surface area contributed by atoms with Crippen LogP contribution in [0.5, 0.6) is 11.5 Å². The molecule has 0 aliphatic carbocycles. The molecule has 0 aliphatic rings. The summed E-state index contributed by atoms with van der Waals surface area (Å²) in [6, 6.07) is 6.78. The Balaban J connectivity index is 2.05. The van der Waals surface area contributed by atoms with Crippen LogP contribution in [0.3, 0.4) is 0 Å². The summed E-state index contributed by atoms with van der Waals surface area (Å²) in [7, 11) is 1.49. The van der Waals surface area contributed by atoms with Gasteiger partial charge in [-0.2, -0.15) is 0 Å². The SMILES string of the molecule is CCc1cc(OC)cc(OCC(N)=O)c1-c1nc2c(F)cc(F)cn2c1Nc1c(C)cc(F)cc1C. The minimum atomic E-state index is -0.872. The van der Waals surface area contributed by atoms with Gasteiger partial charge in [0.25, 0.3) is 5.91 Å². The van der Waals surface area contributed by atoms with Gasteiger partial charge in [0.1, 0.15) is 34.6 Å². The highest BCUT2D eigenvalue weighted by molar-refractivity contribution is 5.86. The number of nitrogens with zero attached hydrogens (tertiary/aromatic N) is 2. The van der Waals surface area contributed by atoms with Gasteiger partial charge in [-0.25, -0.2) is 18.2 Å². The van der Waals surface area contributed by atoms with Crippen molar-refractivity contribution in [1.29, 1.82) is 0 Å². The van der Waals surface area contributed by atoms with Gasteiger partial charge in [-0.15, -0.1) is 0 Å². The van der Waals surface area contributed by atoms with Crippen LogP contribution in [0.15, 0.2) is 36.5 Å². The standard InChI is InChI=1S/C26H25F3N4O3/c1-5-15-8-18(35-4)10-20(36-12-21(30)34)22(15)24-26(31-23-13(2)6-16(27)7-14(23)3)33-11-17(28)9-19(29)25(33)32-24/h6-11,31H,5,12H2,1-4H3,(H2,30,34). The topological polar surface area (TPSA) is 90.9 Å². The molecule has 36 heavy (non-hydrogen) atoms. The molecule has 0 atom stereocenters. The first-order valence-corrected chi connectivity index (χ1v) is 11.2. The van der Waals surface area contributed by atoms with Crippen molar-refractivity contribution in [2.75, 3.05) is 19.0 Å². The minimum absolute atomic E-state index is 0.134. The molecule has 7 nitrogen and oxygen atoms in total. The molecule has 0 radical (unpaired) electrons. The Morgan fingerprint density at radius 2 is 1.78 bits per heavy atom. The first-order valence-electron chi connectivity index (χ1n) is 11.2. The normalized spacial score (nSPS) is 11.1. The average molecular weight is 499 g/mol. The second-order valence-corrected chi connectivity index (χ2v) is 8.32. The zero-order valence-electron chi connectivity index (χ0n) is 20.2. The molecule has 2 heterocycles. The van der Waals surface area contributed by atoms with Gasteiger partial charge in [0.15, 0.2) is 18.1 Å². The molecular weight excluding hydrogens is 473 g/mol. The lowest BCUT2D eigenvalue weighted by molar-refractivity contribution is -0.119. The Kier molecular flexibility index (Phi) is 6.78. The van der Waals surface area contributed by atoms with E-state index >= 15 is 0 Å². The summed E-state index contributed by atoms with van der Waals surface area (Å²) < 4.78 is 55.5. The third kappa shape index (κ3) is 4.66. The molecule has 0 spiro atoms. The van der Waals surface area contributed by atoms with Crippen molar-refractivity contribution in [2.24, 2.45) is 5.73 Å². The highest BCUT2D eigenvalue weighted by Gasteiger charge is 2.25. The fourth-order valence-corrected chi connectivity index (χ4v) is 4.17. The number of anilines is 2. The molecule has 0 saturated heterocycles. The maximum atomic E-state index is 14.8. The second kappa shape index (κ2) is 9.80. The lowest BCUT2D eigenvalue weighted by Gasteiger charge is -2.18. The van der Waals surface area contributed by atoms with Crippen LogP contribution in [0.1, 0.15) is 23.6 Å². The number of rotatable bonds is 8. The van der Waals surface area contributed by atoms with Crippen LogP contribution in [-0.4, -0.2) is 29.0 Å². The van der Waals surface area contributed by atoms with Crippen LogP contribution in [-0.2, 0) is 11.2 Å². The molecule has 1 amide bonds. The van der Waals surface area contributed by atoms with E-state index in [1.165, 1.54) is 23.6 Å². The predicted molar refractivity (Wildman–Crippen MR) is 130 cm³/mol. The molecule has 188 valence electrons. The summed E-state index contributed by atoms with van der Waals surface area (Å²) in [5.74, 6) is -1.86. The number of pyridine rings is 1. The molecular formula is C26H25F3N4O3. The van der Waals surface area contributed by atoms with E-state index in [-0.39, 0.29) is 22.9 Å². The number of fused-ring (bicyclic) bond motifs is 1. The van der Waals surface area contributed by atoms with E-state index in [1.54, 1.807) is 26.0 Å². The van der Waals surface area contributed by atoms with Crippen molar-refractivity contribution in [3.05, 3.63) is 70.7 Å². The zero-order chi connectivity index (χ0) is 26.1. The number of benzene rings is 2.